The summed E-state index contributed by atoms with van der Waals surface area (Å²) < 4.78 is 5.68. The fourth-order valence-corrected chi connectivity index (χ4v) is 2.35. The lowest BCUT2D eigenvalue weighted by molar-refractivity contribution is 0.630. The Morgan fingerprint density at radius 1 is 1.25 bits per heavy atom. The van der Waals surface area contributed by atoms with E-state index in [1.165, 1.54) is 11.3 Å². The first-order valence-corrected chi connectivity index (χ1v) is 6.09. The van der Waals surface area contributed by atoms with Gasteiger partial charge in [-0.15, -0.1) is 21.8 Å². The maximum Gasteiger partial charge on any atom is 0.183 e. The van der Waals surface area contributed by atoms with Gasteiger partial charge in [-0.1, -0.05) is 29.5 Å². The Morgan fingerprint density at radius 3 is 2.88 bits per heavy atom. The molecule has 3 nitrogen and oxygen atoms in total. The van der Waals surface area contributed by atoms with E-state index in [2.05, 4.69) is 10.2 Å². The molecule has 0 aliphatic carbocycles. The number of alkyl halides is 1. The molecule has 0 radical (unpaired) electrons. The largest absolute Gasteiger partial charge is 0.453 e. The summed E-state index contributed by atoms with van der Waals surface area (Å²) in [6.45, 7) is 0. The van der Waals surface area contributed by atoms with Gasteiger partial charge in [0.25, 0.3) is 0 Å². The minimum absolute atomic E-state index is 0.387. The van der Waals surface area contributed by atoms with Crippen LogP contribution in [0.15, 0.2) is 34.7 Å². The molecule has 2 aromatic heterocycles. The summed E-state index contributed by atoms with van der Waals surface area (Å²) >= 11 is 7.14. The number of hydrogen-bond acceptors (Lipinski definition) is 4. The third kappa shape index (κ3) is 1.60. The lowest BCUT2D eigenvalue weighted by Gasteiger charge is -1.85. The SMILES string of the molecule is ClCc1nnc(-c2cc3ccccc3o2)s1. The molecule has 0 aliphatic rings. The molecule has 0 saturated carbocycles. The van der Waals surface area contributed by atoms with Gasteiger partial charge in [-0.25, -0.2) is 0 Å². The fraction of sp³-hybridized carbons (Fsp3) is 0.0909. The smallest absolute Gasteiger partial charge is 0.183 e. The number of nitrogens with zero attached hydrogens (tertiary/aromatic N) is 2. The van der Waals surface area contributed by atoms with E-state index in [9.17, 15) is 0 Å². The number of halogens is 1. The molecule has 0 spiro atoms. The van der Waals surface area contributed by atoms with Crippen LogP contribution in [0.1, 0.15) is 5.01 Å². The van der Waals surface area contributed by atoms with Gasteiger partial charge in [0.2, 0.25) is 0 Å². The van der Waals surface area contributed by atoms with Gasteiger partial charge in [0.1, 0.15) is 10.6 Å². The monoisotopic (exact) mass is 250 g/mol. The van der Waals surface area contributed by atoms with Crippen molar-refractivity contribution in [3.63, 3.8) is 0 Å². The Bertz CT molecular complexity index is 598. The molecule has 0 N–H and O–H groups in total. The summed E-state index contributed by atoms with van der Waals surface area (Å²) in [5.74, 6) is 1.13. The van der Waals surface area contributed by atoms with Gasteiger partial charge in [0.15, 0.2) is 10.8 Å². The maximum absolute atomic E-state index is 5.68. The molecular weight excluding hydrogens is 244 g/mol. The molecule has 80 valence electrons. The molecule has 0 amide bonds. The highest BCUT2D eigenvalue weighted by atomic mass is 35.5. The van der Waals surface area contributed by atoms with Crippen LogP contribution >= 0.6 is 22.9 Å². The molecule has 0 bridgehead atoms. The molecule has 3 rings (SSSR count). The molecule has 16 heavy (non-hydrogen) atoms. The summed E-state index contributed by atoms with van der Waals surface area (Å²) in [4.78, 5) is 0. The number of para-hydroxylation sites is 1. The van der Waals surface area contributed by atoms with Crippen molar-refractivity contribution < 1.29 is 4.42 Å². The first-order valence-electron chi connectivity index (χ1n) is 4.74. The molecule has 0 unspecified atom stereocenters. The first-order chi connectivity index (χ1) is 7.86. The van der Waals surface area contributed by atoms with Crippen molar-refractivity contribution in [1.29, 1.82) is 0 Å². The Hall–Kier alpha value is -1.39. The number of fused-ring (bicyclic) bond motifs is 1. The van der Waals surface area contributed by atoms with Gasteiger partial charge < -0.3 is 4.42 Å². The van der Waals surface area contributed by atoms with E-state index in [-0.39, 0.29) is 0 Å². The first kappa shape index (κ1) is 9.81. The zero-order valence-corrected chi connectivity index (χ0v) is 9.76. The van der Waals surface area contributed by atoms with Crippen molar-refractivity contribution in [2.45, 2.75) is 5.88 Å². The zero-order chi connectivity index (χ0) is 11.0. The van der Waals surface area contributed by atoms with Gasteiger partial charge in [0, 0.05) is 5.39 Å². The molecule has 0 fully saturated rings. The Labute approximate surface area is 101 Å². The van der Waals surface area contributed by atoms with Crippen molar-refractivity contribution in [3.05, 3.63) is 35.3 Å². The molecule has 2 heterocycles. The van der Waals surface area contributed by atoms with Gasteiger partial charge in [0.05, 0.1) is 5.88 Å². The average molecular weight is 251 g/mol. The van der Waals surface area contributed by atoms with E-state index in [1.54, 1.807) is 0 Å². The van der Waals surface area contributed by atoms with E-state index in [0.717, 1.165) is 26.7 Å². The number of hydrogen-bond donors (Lipinski definition) is 0. The lowest BCUT2D eigenvalue weighted by Crippen LogP contribution is -1.74. The van der Waals surface area contributed by atoms with Crippen LogP contribution in [0.5, 0.6) is 0 Å². The molecule has 1 aromatic carbocycles. The van der Waals surface area contributed by atoms with Crippen molar-refractivity contribution in [3.8, 4) is 10.8 Å². The van der Waals surface area contributed by atoms with Crippen LogP contribution in [0.3, 0.4) is 0 Å². The summed E-state index contributed by atoms with van der Waals surface area (Å²) in [7, 11) is 0. The van der Waals surface area contributed by atoms with Crippen molar-refractivity contribution in [2.75, 3.05) is 0 Å². The maximum atomic E-state index is 5.68. The Morgan fingerprint density at radius 2 is 2.12 bits per heavy atom. The van der Waals surface area contributed by atoms with Crippen LogP contribution in [-0.2, 0) is 5.88 Å². The minimum Gasteiger partial charge on any atom is -0.453 e. The Balaban J connectivity index is 2.11. The van der Waals surface area contributed by atoms with Crippen molar-refractivity contribution in [1.82, 2.24) is 10.2 Å². The summed E-state index contributed by atoms with van der Waals surface area (Å²) in [5.41, 5.74) is 0.861. The molecule has 5 heteroatoms. The van der Waals surface area contributed by atoms with E-state index in [1.807, 2.05) is 30.3 Å². The lowest BCUT2D eigenvalue weighted by atomic mass is 10.2. The van der Waals surface area contributed by atoms with Gasteiger partial charge in [-0.2, -0.15) is 0 Å². The second-order valence-corrected chi connectivity index (χ2v) is 4.61. The molecule has 0 saturated heterocycles. The average Bonchev–Trinajstić information content (AvgIpc) is 2.95. The van der Waals surface area contributed by atoms with E-state index >= 15 is 0 Å². The number of rotatable bonds is 2. The predicted octanol–water partition coefficient (Wildman–Crippen LogP) is 3.69. The van der Waals surface area contributed by atoms with Crippen molar-refractivity contribution >= 4 is 33.9 Å². The van der Waals surface area contributed by atoms with Crippen LogP contribution in [0.2, 0.25) is 0 Å². The molecular formula is C11H7ClN2OS. The summed E-state index contributed by atoms with van der Waals surface area (Å²) in [5, 5.41) is 10.6. The van der Waals surface area contributed by atoms with E-state index < -0.39 is 0 Å². The predicted molar refractivity (Wildman–Crippen MR) is 64.7 cm³/mol. The second kappa shape index (κ2) is 3.88. The summed E-state index contributed by atoms with van der Waals surface area (Å²) in [6, 6.07) is 9.83. The van der Waals surface area contributed by atoms with E-state index in [0.29, 0.717) is 5.88 Å². The van der Waals surface area contributed by atoms with Crippen LogP contribution in [0, 0.1) is 0 Å². The zero-order valence-electron chi connectivity index (χ0n) is 8.18. The molecule has 0 aliphatic heterocycles. The number of benzene rings is 1. The third-order valence-electron chi connectivity index (χ3n) is 2.22. The normalized spacial score (nSPS) is 11.1. The van der Waals surface area contributed by atoms with E-state index in [4.69, 9.17) is 16.0 Å². The van der Waals surface area contributed by atoms with Crippen molar-refractivity contribution in [2.24, 2.45) is 0 Å². The van der Waals surface area contributed by atoms with Gasteiger partial charge in [-0.05, 0) is 12.1 Å². The minimum atomic E-state index is 0.387. The quantitative estimate of drug-likeness (QED) is 0.651. The van der Waals surface area contributed by atoms with Crippen LogP contribution in [-0.4, -0.2) is 10.2 Å². The summed E-state index contributed by atoms with van der Waals surface area (Å²) in [6.07, 6.45) is 0. The highest BCUT2D eigenvalue weighted by molar-refractivity contribution is 7.14. The highest BCUT2D eigenvalue weighted by Gasteiger charge is 2.10. The molecule has 3 aromatic rings. The second-order valence-electron chi connectivity index (χ2n) is 3.28. The van der Waals surface area contributed by atoms with Gasteiger partial charge >= 0.3 is 0 Å². The highest BCUT2D eigenvalue weighted by Crippen LogP contribution is 2.29. The number of aromatic nitrogens is 2. The van der Waals surface area contributed by atoms with Crippen LogP contribution in [0.4, 0.5) is 0 Å². The third-order valence-corrected chi connectivity index (χ3v) is 3.57. The van der Waals surface area contributed by atoms with Crippen LogP contribution in [0.25, 0.3) is 21.7 Å². The van der Waals surface area contributed by atoms with Crippen LogP contribution < -0.4 is 0 Å². The number of furan rings is 1. The Kier molecular flexibility index (Phi) is 2.38. The van der Waals surface area contributed by atoms with Gasteiger partial charge in [-0.3, -0.25) is 0 Å². The standard InChI is InChI=1S/C11H7ClN2OS/c12-6-10-13-14-11(16-10)9-5-7-3-1-2-4-8(7)15-9/h1-5H,6H2. The molecule has 0 atom stereocenters. The fourth-order valence-electron chi connectivity index (χ4n) is 1.49. The topological polar surface area (TPSA) is 38.9 Å².